The fraction of sp³-hybridized carbons (Fsp3) is 0.261. The first-order valence-corrected chi connectivity index (χ1v) is 9.78. The number of nitrogens with zero attached hydrogens (tertiary/aromatic N) is 5. The molecule has 0 saturated heterocycles. The SMILES string of the molecule is CCCCN(c1ccccc1)c1ncnc2c1cnn2-c1ccc(C)cc1C. The van der Waals surface area contributed by atoms with E-state index in [1.54, 1.807) is 6.33 Å². The van der Waals surface area contributed by atoms with Crippen molar-refractivity contribution in [2.24, 2.45) is 0 Å². The van der Waals surface area contributed by atoms with Crippen LogP contribution in [0.5, 0.6) is 0 Å². The van der Waals surface area contributed by atoms with Gasteiger partial charge in [-0.15, -0.1) is 0 Å². The van der Waals surface area contributed by atoms with E-state index in [9.17, 15) is 0 Å². The summed E-state index contributed by atoms with van der Waals surface area (Å²) in [4.78, 5) is 11.5. The normalized spacial score (nSPS) is 11.1. The highest BCUT2D eigenvalue weighted by atomic mass is 15.3. The Balaban J connectivity index is 1.85. The Morgan fingerprint density at radius 3 is 2.57 bits per heavy atom. The predicted octanol–water partition coefficient (Wildman–Crippen LogP) is 5.37. The van der Waals surface area contributed by atoms with Crippen LogP contribution < -0.4 is 4.90 Å². The van der Waals surface area contributed by atoms with Gasteiger partial charge in [-0.05, 0) is 44.0 Å². The minimum Gasteiger partial charge on any atom is -0.326 e. The van der Waals surface area contributed by atoms with Crippen LogP contribution in [0.1, 0.15) is 30.9 Å². The van der Waals surface area contributed by atoms with Gasteiger partial charge in [-0.2, -0.15) is 5.10 Å². The van der Waals surface area contributed by atoms with Gasteiger partial charge in [0.1, 0.15) is 12.1 Å². The number of unbranched alkanes of at least 4 members (excludes halogenated alkanes) is 1. The van der Waals surface area contributed by atoms with Gasteiger partial charge in [-0.1, -0.05) is 49.2 Å². The third-order valence-corrected chi connectivity index (χ3v) is 4.98. The van der Waals surface area contributed by atoms with Gasteiger partial charge >= 0.3 is 0 Å². The Morgan fingerprint density at radius 1 is 1.00 bits per heavy atom. The van der Waals surface area contributed by atoms with Gasteiger partial charge in [0.05, 0.1) is 17.3 Å². The van der Waals surface area contributed by atoms with E-state index in [2.05, 4.69) is 83.2 Å². The van der Waals surface area contributed by atoms with Gasteiger partial charge in [0, 0.05) is 12.2 Å². The van der Waals surface area contributed by atoms with Crippen molar-refractivity contribution in [3.63, 3.8) is 0 Å². The molecule has 0 fully saturated rings. The van der Waals surface area contributed by atoms with E-state index in [1.807, 2.05) is 16.9 Å². The minimum absolute atomic E-state index is 0.828. The summed E-state index contributed by atoms with van der Waals surface area (Å²) in [5.41, 5.74) is 5.42. The average molecular weight is 371 g/mol. The van der Waals surface area contributed by atoms with Crippen LogP contribution >= 0.6 is 0 Å². The van der Waals surface area contributed by atoms with Crippen LogP contribution in [0.2, 0.25) is 0 Å². The van der Waals surface area contributed by atoms with Crippen molar-refractivity contribution in [3.05, 3.63) is 72.2 Å². The van der Waals surface area contributed by atoms with E-state index < -0.39 is 0 Å². The first kappa shape index (κ1) is 18.2. The molecule has 0 aliphatic carbocycles. The summed E-state index contributed by atoms with van der Waals surface area (Å²) in [6.07, 6.45) is 5.73. The zero-order valence-electron chi connectivity index (χ0n) is 16.6. The smallest absolute Gasteiger partial charge is 0.168 e. The first-order chi connectivity index (χ1) is 13.7. The molecule has 2 aromatic carbocycles. The Morgan fingerprint density at radius 2 is 1.82 bits per heavy atom. The number of anilines is 2. The standard InChI is InChI=1S/C23H25N5/c1-4-5-13-27(19-9-7-6-8-10-19)22-20-15-26-28(23(20)25-16-24-22)21-12-11-17(2)14-18(21)3/h6-12,14-16H,4-5,13H2,1-3H3. The fourth-order valence-electron chi connectivity index (χ4n) is 3.55. The topological polar surface area (TPSA) is 46.8 Å². The third kappa shape index (κ3) is 3.36. The summed E-state index contributed by atoms with van der Waals surface area (Å²) >= 11 is 0. The van der Waals surface area contributed by atoms with E-state index in [0.717, 1.165) is 47.6 Å². The summed E-state index contributed by atoms with van der Waals surface area (Å²) in [6.45, 7) is 7.32. The molecule has 0 unspecified atom stereocenters. The molecule has 4 aromatic rings. The third-order valence-electron chi connectivity index (χ3n) is 4.98. The van der Waals surface area contributed by atoms with Crippen LogP contribution in [-0.4, -0.2) is 26.3 Å². The lowest BCUT2D eigenvalue weighted by Gasteiger charge is -2.24. The molecule has 5 heteroatoms. The van der Waals surface area contributed by atoms with Crippen molar-refractivity contribution < 1.29 is 0 Å². The summed E-state index contributed by atoms with van der Waals surface area (Å²) in [5, 5.41) is 5.62. The highest BCUT2D eigenvalue weighted by Gasteiger charge is 2.18. The van der Waals surface area contributed by atoms with E-state index in [0.29, 0.717) is 0 Å². The van der Waals surface area contributed by atoms with Gasteiger partial charge < -0.3 is 4.90 Å². The van der Waals surface area contributed by atoms with Crippen molar-refractivity contribution in [2.45, 2.75) is 33.6 Å². The summed E-state index contributed by atoms with van der Waals surface area (Å²) < 4.78 is 1.91. The number of aryl methyl sites for hydroxylation is 2. The second kappa shape index (κ2) is 7.80. The van der Waals surface area contributed by atoms with Crippen LogP contribution in [0.25, 0.3) is 16.7 Å². The van der Waals surface area contributed by atoms with Crippen LogP contribution in [0.4, 0.5) is 11.5 Å². The summed E-state index contributed by atoms with van der Waals surface area (Å²) in [7, 11) is 0. The Kier molecular flexibility index (Phi) is 5.06. The molecule has 142 valence electrons. The van der Waals surface area contributed by atoms with E-state index >= 15 is 0 Å². The lowest BCUT2D eigenvalue weighted by Crippen LogP contribution is -2.20. The highest BCUT2D eigenvalue weighted by Crippen LogP contribution is 2.31. The monoisotopic (exact) mass is 371 g/mol. The Bertz CT molecular complexity index is 1080. The number of benzene rings is 2. The van der Waals surface area contributed by atoms with Gasteiger partial charge in [0.25, 0.3) is 0 Å². The quantitative estimate of drug-likeness (QED) is 0.457. The molecule has 0 atom stereocenters. The maximum atomic E-state index is 4.66. The van der Waals surface area contributed by atoms with Gasteiger partial charge in [0.2, 0.25) is 0 Å². The van der Waals surface area contributed by atoms with Crippen LogP contribution in [0, 0.1) is 13.8 Å². The van der Waals surface area contributed by atoms with Crippen molar-refractivity contribution in [1.82, 2.24) is 19.7 Å². The van der Waals surface area contributed by atoms with E-state index in [4.69, 9.17) is 0 Å². The number of aromatic nitrogens is 4. The summed E-state index contributed by atoms with van der Waals surface area (Å²) in [6, 6.07) is 16.8. The lowest BCUT2D eigenvalue weighted by atomic mass is 10.1. The zero-order chi connectivity index (χ0) is 19.5. The fourth-order valence-corrected chi connectivity index (χ4v) is 3.55. The van der Waals surface area contributed by atoms with Gasteiger partial charge in [0.15, 0.2) is 5.65 Å². The molecule has 0 spiro atoms. The van der Waals surface area contributed by atoms with Crippen LogP contribution in [0.15, 0.2) is 61.1 Å². The van der Waals surface area contributed by atoms with Crippen LogP contribution in [-0.2, 0) is 0 Å². The lowest BCUT2D eigenvalue weighted by molar-refractivity contribution is 0.780. The number of para-hydroxylation sites is 1. The first-order valence-electron chi connectivity index (χ1n) is 9.78. The molecular weight excluding hydrogens is 346 g/mol. The van der Waals surface area contributed by atoms with E-state index in [-0.39, 0.29) is 0 Å². The highest BCUT2D eigenvalue weighted by molar-refractivity contribution is 5.90. The molecule has 0 aliphatic rings. The molecule has 0 N–H and O–H groups in total. The minimum atomic E-state index is 0.828. The predicted molar refractivity (Wildman–Crippen MR) is 114 cm³/mol. The Hall–Kier alpha value is -3.21. The zero-order valence-corrected chi connectivity index (χ0v) is 16.6. The molecule has 2 heterocycles. The van der Waals surface area contributed by atoms with E-state index in [1.165, 1.54) is 11.1 Å². The summed E-state index contributed by atoms with van der Waals surface area (Å²) in [5.74, 6) is 0.903. The van der Waals surface area contributed by atoms with Crippen molar-refractivity contribution >= 4 is 22.5 Å². The molecular formula is C23H25N5. The molecule has 0 amide bonds. The van der Waals surface area contributed by atoms with Crippen molar-refractivity contribution in [3.8, 4) is 5.69 Å². The molecule has 0 saturated carbocycles. The second-order valence-corrected chi connectivity index (χ2v) is 7.12. The largest absolute Gasteiger partial charge is 0.326 e. The Labute approximate surface area is 165 Å². The number of hydrogen-bond acceptors (Lipinski definition) is 4. The maximum Gasteiger partial charge on any atom is 0.168 e. The van der Waals surface area contributed by atoms with Crippen LogP contribution in [0.3, 0.4) is 0 Å². The van der Waals surface area contributed by atoms with Crippen molar-refractivity contribution in [2.75, 3.05) is 11.4 Å². The maximum absolute atomic E-state index is 4.66. The molecule has 4 rings (SSSR count). The number of rotatable bonds is 6. The number of hydrogen-bond donors (Lipinski definition) is 0. The second-order valence-electron chi connectivity index (χ2n) is 7.12. The molecule has 0 bridgehead atoms. The van der Waals surface area contributed by atoms with Gasteiger partial charge in [-0.25, -0.2) is 14.6 Å². The molecule has 0 aliphatic heterocycles. The van der Waals surface area contributed by atoms with Gasteiger partial charge in [-0.3, -0.25) is 0 Å². The molecule has 0 radical (unpaired) electrons. The molecule has 2 aromatic heterocycles. The average Bonchev–Trinajstić information content (AvgIpc) is 3.14. The van der Waals surface area contributed by atoms with Crippen molar-refractivity contribution in [1.29, 1.82) is 0 Å². The molecule has 5 nitrogen and oxygen atoms in total. The molecule has 28 heavy (non-hydrogen) atoms. The number of fused-ring (bicyclic) bond motifs is 1.